The SMILES string of the molecule is CCCC(C)N(C=O)OCc1cc(N2CCNCC2)c(F)cc1C.O=CNC=O. The van der Waals surface area contributed by atoms with Crippen LogP contribution in [0.1, 0.15) is 37.8 Å². The molecule has 1 aromatic rings. The van der Waals surface area contributed by atoms with Crippen LogP contribution in [-0.2, 0) is 25.8 Å². The Kier molecular flexibility index (Phi) is 11.5. The Morgan fingerprint density at radius 3 is 2.45 bits per heavy atom. The highest BCUT2D eigenvalue weighted by atomic mass is 19.1. The predicted molar refractivity (Wildman–Crippen MR) is 109 cm³/mol. The van der Waals surface area contributed by atoms with Gasteiger partial charge in [-0.1, -0.05) is 13.3 Å². The number of imide groups is 1. The maximum Gasteiger partial charge on any atom is 0.233 e. The number of halogens is 1. The zero-order valence-electron chi connectivity index (χ0n) is 17.3. The minimum atomic E-state index is -0.204. The van der Waals surface area contributed by atoms with Crippen molar-refractivity contribution in [3.8, 4) is 0 Å². The van der Waals surface area contributed by atoms with Crippen molar-refractivity contribution in [2.45, 2.75) is 46.3 Å². The van der Waals surface area contributed by atoms with Gasteiger partial charge in [0.15, 0.2) is 0 Å². The topological polar surface area (TPSA) is 91.0 Å². The molecule has 2 rings (SSSR count). The van der Waals surface area contributed by atoms with Crippen molar-refractivity contribution in [1.82, 2.24) is 15.7 Å². The lowest BCUT2D eigenvalue weighted by Gasteiger charge is -2.30. The van der Waals surface area contributed by atoms with Gasteiger partial charge in [-0.2, -0.15) is 0 Å². The van der Waals surface area contributed by atoms with E-state index in [1.54, 1.807) is 11.4 Å². The highest BCUT2D eigenvalue weighted by Crippen LogP contribution is 2.25. The number of anilines is 1. The van der Waals surface area contributed by atoms with Crippen molar-refractivity contribution < 1.29 is 23.6 Å². The Hall–Kier alpha value is -2.52. The molecule has 1 saturated heterocycles. The molecule has 0 saturated carbocycles. The van der Waals surface area contributed by atoms with Gasteiger partial charge < -0.3 is 15.5 Å². The van der Waals surface area contributed by atoms with E-state index in [0.717, 1.165) is 56.6 Å². The first-order valence-corrected chi connectivity index (χ1v) is 9.73. The van der Waals surface area contributed by atoms with E-state index in [9.17, 15) is 9.18 Å². The number of amides is 3. The van der Waals surface area contributed by atoms with Crippen LogP contribution in [0, 0.1) is 12.7 Å². The van der Waals surface area contributed by atoms with Gasteiger partial charge in [-0.25, -0.2) is 9.45 Å². The summed E-state index contributed by atoms with van der Waals surface area (Å²) in [5.41, 5.74) is 2.35. The number of aryl methyl sites for hydroxylation is 1. The Bertz CT molecular complexity index is 648. The standard InChI is InChI=1S/C18H28FN3O2.C2H3NO2/c1-4-5-15(3)22(13-23)24-12-16-11-18(17(19)10-14(16)2)21-8-6-20-7-9-21;4-1-3-2-5/h10-11,13,15,20H,4-9,12H2,1-3H3;1-2H,(H,3,4,5). The van der Waals surface area contributed by atoms with Gasteiger partial charge in [-0.15, -0.1) is 0 Å². The van der Waals surface area contributed by atoms with Gasteiger partial charge in [0.2, 0.25) is 19.2 Å². The molecule has 8 nitrogen and oxygen atoms in total. The monoisotopic (exact) mass is 410 g/mol. The van der Waals surface area contributed by atoms with Crippen molar-refractivity contribution >= 4 is 24.9 Å². The fourth-order valence-electron chi connectivity index (χ4n) is 2.99. The lowest BCUT2D eigenvalue weighted by molar-refractivity contribution is -0.191. The molecule has 1 aliphatic rings. The second-order valence-corrected chi connectivity index (χ2v) is 6.75. The Morgan fingerprint density at radius 1 is 1.28 bits per heavy atom. The number of benzene rings is 1. The molecule has 1 unspecified atom stereocenters. The number of piperazine rings is 1. The Balaban J connectivity index is 0.000000749. The zero-order valence-corrected chi connectivity index (χ0v) is 17.3. The summed E-state index contributed by atoms with van der Waals surface area (Å²) in [6.45, 7) is 9.44. The molecule has 0 bridgehead atoms. The van der Waals surface area contributed by atoms with Gasteiger partial charge in [0.25, 0.3) is 0 Å². The number of rotatable bonds is 10. The Labute approximate surface area is 171 Å². The van der Waals surface area contributed by atoms with Crippen molar-refractivity contribution in [3.05, 3.63) is 29.1 Å². The van der Waals surface area contributed by atoms with Crippen LogP contribution in [0.25, 0.3) is 0 Å². The molecule has 1 heterocycles. The summed E-state index contributed by atoms with van der Waals surface area (Å²) in [5.74, 6) is -0.204. The van der Waals surface area contributed by atoms with E-state index in [4.69, 9.17) is 14.4 Å². The summed E-state index contributed by atoms with van der Waals surface area (Å²) in [6.07, 6.45) is 3.21. The molecule has 3 amide bonds. The second kappa shape index (κ2) is 13.6. The third kappa shape index (κ3) is 8.16. The molecule has 9 heteroatoms. The van der Waals surface area contributed by atoms with Crippen LogP contribution >= 0.6 is 0 Å². The molecule has 162 valence electrons. The average molecular weight is 410 g/mol. The van der Waals surface area contributed by atoms with Gasteiger partial charge in [-0.05, 0) is 43.5 Å². The fourth-order valence-corrected chi connectivity index (χ4v) is 2.99. The lowest BCUT2D eigenvalue weighted by atomic mass is 10.1. The minimum absolute atomic E-state index is 0.0286. The van der Waals surface area contributed by atoms with E-state index in [1.807, 2.05) is 24.8 Å². The molecular formula is C20H31FN4O4. The Morgan fingerprint density at radius 2 is 1.93 bits per heavy atom. The van der Waals surface area contributed by atoms with Crippen LogP contribution in [0.5, 0.6) is 0 Å². The first-order valence-electron chi connectivity index (χ1n) is 9.73. The van der Waals surface area contributed by atoms with Crippen molar-refractivity contribution in [3.63, 3.8) is 0 Å². The van der Waals surface area contributed by atoms with E-state index in [0.29, 0.717) is 18.5 Å². The van der Waals surface area contributed by atoms with Crippen LogP contribution in [0.15, 0.2) is 12.1 Å². The summed E-state index contributed by atoms with van der Waals surface area (Å²) in [6, 6.07) is 3.43. The number of hydrogen-bond acceptors (Lipinski definition) is 6. The van der Waals surface area contributed by atoms with Crippen molar-refractivity contribution in [2.75, 3.05) is 31.1 Å². The lowest BCUT2D eigenvalue weighted by Crippen LogP contribution is -2.44. The van der Waals surface area contributed by atoms with E-state index in [1.165, 1.54) is 5.06 Å². The van der Waals surface area contributed by atoms with E-state index >= 15 is 0 Å². The largest absolute Gasteiger partial charge is 0.367 e. The van der Waals surface area contributed by atoms with Gasteiger partial charge >= 0.3 is 0 Å². The van der Waals surface area contributed by atoms with Crippen LogP contribution in [-0.4, -0.2) is 56.5 Å². The number of carbonyl (C=O) groups is 3. The number of carbonyl (C=O) groups excluding carboxylic acids is 3. The van der Waals surface area contributed by atoms with Gasteiger partial charge in [-0.3, -0.25) is 19.2 Å². The zero-order chi connectivity index (χ0) is 21.6. The highest BCUT2D eigenvalue weighted by molar-refractivity contribution is 5.67. The third-order valence-corrected chi connectivity index (χ3v) is 4.61. The quantitative estimate of drug-likeness (QED) is 0.449. The normalized spacial score (nSPS) is 14.3. The maximum absolute atomic E-state index is 14.3. The molecule has 0 spiro atoms. The fraction of sp³-hybridized carbons (Fsp3) is 0.550. The molecule has 2 N–H and O–H groups in total. The van der Waals surface area contributed by atoms with E-state index in [-0.39, 0.29) is 18.5 Å². The molecule has 29 heavy (non-hydrogen) atoms. The number of nitrogens with zero attached hydrogens (tertiary/aromatic N) is 2. The minimum Gasteiger partial charge on any atom is -0.367 e. The number of hydroxylamine groups is 2. The molecule has 1 atom stereocenters. The van der Waals surface area contributed by atoms with Gasteiger partial charge in [0.05, 0.1) is 11.7 Å². The smallest absolute Gasteiger partial charge is 0.233 e. The van der Waals surface area contributed by atoms with Crippen LogP contribution in [0.4, 0.5) is 10.1 Å². The summed E-state index contributed by atoms with van der Waals surface area (Å²) >= 11 is 0. The highest BCUT2D eigenvalue weighted by Gasteiger charge is 2.18. The predicted octanol–water partition coefficient (Wildman–Crippen LogP) is 1.51. The summed E-state index contributed by atoms with van der Waals surface area (Å²) < 4.78 is 14.3. The van der Waals surface area contributed by atoms with Crippen LogP contribution in [0.2, 0.25) is 0 Å². The maximum atomic E-state index is 14.3. The summed E-state index contributed by atoms with van der Waals surface area (Å²) in [7, 11) is 0. The van der Waals surface area contributed by atoms with E-state index < -0.39 is 0 Å². The molecule has 1 aromatic carbocycles. The van der Waals surface area contributed by atoms with Crippen LogP contribution in [0.3, 0.4) is 0 Å². The first kappa shape index (κ1) is 24.5. The number of hydrogen-bond donors (Lipinski definition) is 2. The second-order valence-electron chi connectivity index (χ2n) is 6.75. The average Bonchev–Trinajstić information content (AvgIpc) is 2.72. The molecule has 1 aliphatic heterocycles. The number of nitrogens with one attached hydrogen (secondary N) is 2. The molecule has 0 aliphatic carbocycles. The summed E-state index contributed by atoms with van der Waals surface area (Å²) in [5, 5.41) is 6.38. The van der Waals surface area contributed by atoms with Crippen molar-refractivity contribution in [1.29, 1.82) is 0 Å². The first-order chi connectivity index (χ1) is 14.0. The molecular weight excluding hydrogens is 379 g/mol. The third-order valence-electron chi connectivity index (χ3n) is 4.61. The van der Waals surface area contributed by atoms with Gasteiger partial charge in [0.1, 0.15) is 12.4 Å². The van der Waals surface area contributed by atoms with E-state index in [2.05, 4.69) is 12.2 Å². The van der Waals surface area contributed by atoms with Crippen LogP contribution < -0.4 is 15.5 Å². The molecule has 0 radical (unpaired) electrons. The van der Waals surface area contributed by atoms with Crippen molar-refractivity contribution in [2.24, 2.45) is 0 Å². The molecule has 0 aromatic heterocycles. The summed E-state index contributed by atoms with van der Waals surface area (Å²) in [4.78, 5) is 37.1. The van der Waals surface area contributed by atoms with Gasteiger partial charge in [0, 0.05) is 26.2 Å². The molecule has 1 fully saturated rings.